The highest BCUT2D eigenvalue weighted by atomic mass is 35.5. The van der Waals surface area contributed by atoms with Crippen LogP contribution in [0.3, 0.4) is 0 Å². The van der Waals surface area contributed by atoms with Crippen LogP contribution < -0.4 is 0 Å². The minimum atomic E-state index is -4.35. The smallest absolute Gasteiger partial charge is 0.416 e. The van der Waals surface area contributed by atoms with Crippen molar-refractivity contribution in [2.45, 2.75) is 96.0 Å². The van der Waals surface area contributed by atoms with Crippen LogP contribution in [0.25, 0.3) is 0 Å². The number of carbonyl (C=O) groups excluding carboxylic acids is 1. The molecular formula is C37H51Cl3F4N4O2. The van der Waals surface area contributed by atoms with Crippen LogP contribution in [0.4, 0.5) is 17.6 Å². The van der Waals surface area contributed by atoms with Crippen LogP contribution in [0.1, 0.15) is 93.3 Å². The van der Waals surface area contributed by atoms with E-state index in [1.807, 2.05) is 22.7 Å². The molecule has 1 aromatic heterocycles. The fraction of sp³-hybridized carbons (Fsp3) is 0.568. The maximum atomic E-state index is 14.3. The number of likely N-dealkylation sites (N-methyl/N-ethyl adjacent to an activating group) is 1. The number of likely N-dealkylation sites (tertiary alicyclic amines) is 1. The van der Waals surface area contributed by atoms with Gasteiger partial charge in [0.15, 0.2) is 0 Å². The van der Waals surface area contributed by atoms with E-state index >= 15 is 0 Å². The Balaban J connectivity index is 0.00000289. The predicted octanol–water partition coefficient (Wildman–Crippen LogP) is 8.93. The summed E-state index contributed by atoms with van der Waals surface area (Å²) in [5.74, 6) is 0.214. The first-order valence-electron chi connectivity index (χ1n) is 16.8. The van der Waals surface area contributed by atoms with Crippen molar-refractivity contribution < 1.29 is 27.1 Å². The van der Waals surface area contributed by atoms with Crippen LogP contribution in [0, 0.1) is 11.7 Å². The Hall–Kier alpha value is -2.37. The third-order valence-electron chi connectivity index (χ3n) is 10.1. The number of rotatable bonds is 10. The second kappa shape index (κ2) is 18.4. The third-order valence-corrected chi connectivity index (χ3v) is 10.1. The van der Waals surface area contributed by atoms with Gasteiger partial charge >= 0.3 is 12.1 Å². The fourth-order valence-electron chi connectivity index (χ4n) is 7.09. The number of piperidine rings is 1. The van der Waals surface area contributed by atoms with Crippen molar-refractivity contribution in [1.82, 2.24) is 19.6 Å². The number of benzene rings is 2. The molecule has 0 N–H and O–H groups in total. The first kappa shape index (κ1) is 43.8. The summed E-state index contributed by atoms with van der Waals surface area (Å²) < 4.78 is 61.3. The number of alkyl halides is 3. The van der Waals surface area contributed by atoms with Crippen molar-refractivity contribution in [3.63, 3.8) is 0 Å². The molecule has 1 aliphatic carbocycles. The fourth-order valence-corrected chi connectivity index (χ4v) is 7.09. The van der Waals surface area contributed by atoms with Gasteiger partial charge in [0.05, 0.1) is 17.8 Å². The van der Waals surface area contributed by atoms with E-state index in [0.29, 0.717) is 18.8 Å². The summed E-state index contributed by atoms with van der Waals surface area (Å²) in [4.78, 5) is 17.3. The zero-order valence-corrected chi connectivity index (χ0v) is 31.9. The summed E-state index contributed by atoms with van der Waals surface area (Å²) >= 11 is 0. The molecule has 2 heterocycles. The molecule has 0 unspecified atom stereocenters. The zero-order valence-electron chi connectivity index (χ0n) is 29.4. The van der Waals surface area contributed by atoms with Gasteiger partial charge < -0.3 is 9.64 Å². The van der Waals surface area contributed by atoms with Crippen LogP contribution in [-0.4, -0.2) is 70.4 Å². The highest BCUT2D eigenvalue weighted by molar-refractivity contribution is 5.86. The van der Waals surface area contributed by atoms with Gasteiger partial charge in [-0.15, -0.1) is 37.2 Å². The van der Waals surface area contributed by atoms with Crippen molar-refractivity contribution in [2.24, 2.45) is 5.92 Å². The number of halogens is 7. The van der Waals surface area contributed by atoms with Crippen LogP contribution in [0.5, 0.6) is 0 Å². The quantitative estimate of drug-likeness (QED) is 0.153. The van der Waals surface area contributed by atoms with E-state index in [2.05, 4.69) is 38.7 Å². The minimum Gasteiger partial charge on any atom is -0.461 e. The second-order valence-corrected chi connectivity index (χ2v) is 14.4. The van der Waals surface area contributed by atoms with Crippen molar-refractivity contribution in [3.8, 4) is 0 Å². The second-order valence-electron chi connectivity index (χ2n) is 14.4. The summed E-state index contributed by atoms with van der Waals surface area (Å²) in [6.45, 7) is 11.9. The lowest BCUT2D eigenvalue weighted by atomic mass is 9.87. The summed E-state index contributed by atoms with van der Waals surface area (Å²) in [6.07, 6.45) is -0.678. The molecule has 1 saturated carbocycles. The summed E-state index contributed by atoms with van der Waals surface area (Å²) in [5, 5.41) is 4.79. The summed E-state index contributed by atoms with van der Waals surface area (Å²) in [7, 11) is 1.92. The highest BCUT2D eigenvalue weighted by Gasteiger charge is 2.39. The van der Waals surface area contributed by atoms with E-state index in [1.165, 1.54) is 23.9 Å². The lowest BCUT2D eigenvalue weighted by molar-refractivity contribution is -0.151. The Morgan fingerprint density at radius 1 is 0.980 bits per heavy atom. The van der Waals surface area contributed by atoms with Gasteiger partial charge in [-0.2, -0.15) is 18.3 Å². The number of ether oxygens (including phenoxy) is 1. The number of aryl methyl sites for hydroxylation is 1. The Labute approximate surface area is 312 Å². The third kappa shape index (κ3) is 11.3. The van der Waals surface area contributed by atoms with Crippen molar-refractivity contribution in [3.05, 3.63) is 88.5 Å². The van der Waals surface area contributed by atoms with E-state index in [0.717, 1.165) is 74.4 Å². The van der Waals surface area contributed by atoms with Gasteiger partial charge in [-0.3, -0.25) is 14.4 Å². The Morgan fingerprint density at radius 2 is 1.64 bits per heavy atom. The molecule has 1 aliphatic heterocycles. The highest BCUT2D eigenvalue weighted by Crippen LogP contribution is 2.43. The number of esters is 1. The number of hydrogen-bond acceptors (Lipinski definition) is 5. The molecule has 2 aliphatic rings. The molecule has 3 aromatic rings. The molecule has 280 valence electrons. The van der Waals surface area contributed by atoms with E-state index < -0.39 is 11.7 Å². The number of aromatic nitrogens is 2. The first-order valence-corrected chi connectivity index (χ1v) is 16.8. The van der Waals surface area contributed by atoms with Crippen LogP contribution in [-0.2, 0) is 28.7 Å². The molecule has 0 spiro atoms. The molecule has 1 saturated heterocycles. The standard InChI is InChI=1S/C37H48F4N4O2.3ClH/c1-6-45-34(21-31(42-45)18-25-10-12-29(13-11-25)37(39,40)41)26-14-16-44(17-15-26)23-28-20-32(47-35(46)24-43(5)36(2,3)4)22-33(28)27-8-7-9-30(38)19-27;;;/h7-13,19,21,26,28,32-33H,6,14-18,20,22-24H2,1-5H3;3*1H/t28-,32+,33-;;;/m1.../s1. The Kier molecular flexibility index (Phi) is 16.1. The van der Waals surface area contributed by atoms with Gasteiger partial charge in [0.2, 0.25) is 0 Å². The van der Waals surface area contributed by atoms with Gasteiger partial charge in [-0.05, 0) is 127 Å². The molecule has 0 radical (unpaired) electrons. The maximum Gasteiger partial charge on any atom is 0.416 e. The molecule has 0 amide bonds. The van der Waals surface area contributed by atoms with Gasteiger partial charge in [-0.25, -0.2) is 4.39 Å². The number of nitrogens with zero attached hydrogens (tertiary/aromatic N) is 4. The molecule has 2 fully saturated rings. The van der Waals surface area contributed by atoms with Crippen molar-refractivity contribution in [2.75, 3.05) is 33.2 Å². The number of carbonyl (C=O) groups is 1. The first-order chi connectivity index (χ1) is 22.2. The molecule has 6 nitrogen and oxygen atoms in total. The Bertz CT molecular complexity index is 1510. The molecular weight excluding hydrogens is 715 g/mol. The molecule has 13 heteroatoms. The Morgan fingerprint density at radius 3 is 2.22 bits per heavy atom. The van der Waals surface area contributed by atoms with E-state index in [4.69, 9.17) is 9.84 Å². The van der Waals surface area contributed by atoms with Gasteiger partial charge in [0.1, 0.15) is 11.9 Å². The van der Waals surface area contributed by atoms with Crippen molar-refractivity contribution >= 4 is 43.2 Å². The van der Waals surface area contributed by atoms with E-state index in [-0.39, 0.29) is 79.0 Å². The van der Waals surface area contributed by atoms with Gasteiger partial charge in [0, 0.05) is 36.7 Å². The average molecular weight is 766 g/mol. The normalized spacial score (nSPS) is 20.2. The summed E-state index contributed by atoms with van der Waals surface area (Å²) in [5.41, 5.74) is 3.02. The topological polar surface area (TPSA) is 50.6 Å². The molecule has 2 aromatic carbocycles. The summed E-state index contributed by atoms with van der Waals surface area (Å²) in [6, 6.07) is 14.3. The number of hydrogen-bond donors (Lipinski definition) is 0. The molecule has 0 bridgehead atoms. The van der Waals surface area contributed by atoms with Gasteiger partial charge in [0.25, 0.3) is 0 Å². The van der Waals surface area contributed by atoms with Crippen LogP contribution >= 0.6 is 37.2 Å². The SMILES string of the molecule is CCn1nc(Cc2ccc(C(F)(F)F)cc2)cc1C1CCN(C[C@H]2C[C@H](OC(=O)CN(C)C(C)(C)C)C[C@@H]2c2cccc(F)c2)CC1.Cl.Cl.Cl. The minimum absolute atomic E-state index is 0. The lowest BCUT2D eigenvalue weighted by Gasteiger charge is -2.35. The van der Waals surface area contributed by atoms with E-state index in [1.54, 1.807) is 12.1 Å². The zero-order chi connectivity index (χ0) is 33.9. The largest absolute Gasteiger partial charge is 0.461 e. The predicted molar refractivity (Wildman–Crippen MR) is 196 cm³/mol. The molecule has 3 atom stereocenters. The lowest BCUT2D eigenvalue weighted by Crippen LogP contribution is -2.42. The monoisotopic (exact) mass is 764 g/mol. The van der Waals surface area contributed by atoms with Crippen molar-refractivity contribution in [1.29, 1.82) is 0 Å². The van der Waals surface area contributed by atoms with Crippen LogP contribution in [0.2, 0.25) is 0 Å². The van der Waals surface area contributed by atoms with Crippen LogP contribution in [0.15, 0.2) is 54.6 Å². The average Bonchev–Trinajstić information content (AvgIpc) is 3.60. The molecule has 5 rings (SSSR count). The maximum absolute atomic E-state index is 14.3. The molecule has 50 heavy (non-hydrogen) atoms. The van der Waals surface area contributed by atoms with E-state index in [9.17, 15) is 22.4 Å². The van der Waals surface area contributed by atoms with Gasteiger partial charge in [-0.1, -0.05) is 24.3 Å².